The van der Waals surface area contributed by atoms with E-state index in [2.05, 4.69) is 5.32 Å². The maximum atomic E-state index is 15.2. The molecule has 2 aliphatic heterocycles. The zero-order chi connectivity index (χ0) is 20.4. The molecule has 0 aliphatic carbocycles. The third kappa shape index (κ3) is 3.99. The third-order valence-electron chi connectivity index (χ3n) is 4.55. The van der Waals surface area contributed by atoms with Gasteiger partial charge in [0.15, 0.2) is 11.5 Å². The van der Waals surface area contributed by atoms with E-state index in [-0.39, 0.29) is 16.7 Å². The van der Waals surface area contributed by atoms with Crippen molar-refractivity contribution in [3.63, 3.8) is 0 Å². The van der Waals surface area contributed by atoms with Crippen LogP contribution in [0.15, 0.2) is 42.5 Å². The van der Waals surface area contributed by atoms with Crippen molar-refractivity contribution in [3.05, 3.63) is 59.4 Å². The van der Waals surface area contributed by atoms with Crippen LogP contribution in [-0.2, 0) is 16.0 Å². The first kappa shape index (κ1) is 19.5. The van der Waals surface area contributed by atoms with Crippen molar-refractivity contribution in [2.24, 2.45) is 0 Å². The first-order valence-electron chi connectivity index (χ1n) is 9.07. The SMILES string of the molecule is CNCCSC1Cc2ccccc2Oc2cc3c(F)c(c21)OC(=O)/C=C\C(=O)O3. The molecule has 1 atom stereocenters. The molecule has 6 nitrogen and oxygen atoms in total. The molecule has 29 heavy (non-hydrogen) atoms. The highest BCUT2D eigenvalue weighted by Gasteiger charge is 2.33. The van der Waals surface area contributed by atoms with Crippen LogP contribution < -0.4 is 19.5 Å². The average Bonchev–Trinajstić information content (AvgIpc) is 2.84. The largest absolute Gasteiger partial charge is 0.456 e. The van der Waals surface area contributed by atoms with E-state index >= 15 is 4.39 Å². The molecule has 0 spiro atoms. The van der Waals surface area contributed by atoms with Gasteiger partial charge in [-0.1, -0.05) is 18.2 Å². The Morgan fingerprint density at radius 1 is 1.07 bits per heavy atom. The second-order valence-corrected chi connectivity index (χ2v) is 7.79. The van der Waals surface area contributed by atoms with E-state index in [1.54, 1.807) is 11.8 Å². The lowest BCUT2D eigenvalue weighted by molar-refractivity contribution is -0.131. The van der Waals surface area contributed by atoms with Crippen LogP contribution in [0.5, 0.6) is 23.0 Å². The molecule has 1 unspecified atom stereocenters. The Labute approximate surface area is 171 Å². The number of hydrogen-bond donors (Lipinski definition) is 1. The van der Waals surface area contributed by atoms with Gasteiger partial charge in [-0.3, -0.25) is 0 Å². The molecule has 2 aliphatic rings. The van der Waals surface area contributed by atoms with Gasteiger partial charge in [-0.2, -0.15) is 16.2 Å². The summed E-state index contributed by atoms with van der Waals surface area (Å²) in [5.74, 6) is -1.56. The molecule has 2 aromatic carbocycles. The van der Waals surface area contributed by atoms with Crippen LogP contribution in [0.2, 0.25) is 0 Å². The Morgan fingerprint density at radius 3 is 2.62 bits per heavy atom. The third-order valence-corrected chi connectivity index (χ3v) is 5.79. The number of para-hydroxylation sites is 1. The second-order valence-electron chi connectivity index (χ2n) is 6.48. The van der Waals surface area contributed by atoms with Crippen LogP contribution >= 0.6 is 11.8 Å². The van der Waals surface area contributed by atoms with Gasteiger partial charge in [0.25, 0.3) is 0 Å². The van der Waals surface area contributed by atoms with E-state index < -0.39 is 17.8 Å². The Kier molecular flexibility index (Phi) is 5.55. The van der Waals surface area contributed by atoms with Gasteiger partial charge in [0.1, 0.15) is 11.5 Å². The lowest BCUT2D eigenvalue weighted by Crippen LogP contribution is -2.13. The van der Waals surface area contributed by atoms with Gasteiger partial charge in [-0.05, 0) is 25.1 Å². The van der Waals surface area contributed by atoms with Gasteiger partial charge >= 0.3 is 11.9 Å². The predicted octanol–water partition coefficient (Wildman–Crippen LogP) is 3.55. The molecule has 2 heterocycles. The van der Waals surface area contributed by atoms with Gasteiger partial charge in [0, 0.05) is 35.8 Å². The number of halogens is 1. The molecule has 0 saturated heterocycles. The number of fused-ring (bicyclic) bond motifs is 5. The first-order valence-corrected chi connectivity index (χ1v) is 10.1. The number of rotatable bonds is 4. The van der Waals surface area contributed by atoms with Gasteiger partial charge in [0.05, 0.1) is 5.56 Å². The van der Waals surface area contributed by atoms with E-state index in [4.69, 9.17) is 14.2 Å². The molecule has 2 aromatic rings. The number of thioether (sulfide) groups is 1. The lowest BCUT2D eigenvalue weighted by atomic mass is 10.0. The highest BCUT2D eigenvalue weighted by atomic mass is 32.2. The summed E-state index contributed by atoms with van der Waals surface area (Å²) >= 11 is 1.60. The minimum Gasteiger partial charge on any atom is -0.456 e. The normalized spacial score (nSPS) is 18.6. The monoisotopic (exact) mass is 415 g/mol. The standard InChI is InChI=1S/C21H18FNO5S/c1-23-8-9-29-16-10-12-4-2-3-5-13(12)26-14-11-15-20(22)21(19(14)16)28-18(25)7-6-17(24)27-15/h2-7,11,16,23H,8-10H2,1H3/b7-6-. The van der Waals surface area contributed by atoms with Crippen molar-refractivity contribution in [3.8, 4) is 23.0 Å². The topological polar surface area (TPSA) is 73.9 Å². The fraction of sp³-hybridized carbons (Fsp3) is 0.238. The lowest BCUT2D eigenvalue weighted by Gasteiger charge is -2.21. The van der Waals surface area contributed by atoms with Crippen LogP contribution in [-0.4, -0.2) is 31.3 Å². The second kappa shape index (κ2) is 8.26. The van der Waals surface area contributed by atoms with Crippen molar-refractivity contribution in [2.45, 2.75) is 11.7 Å². The van der Waals surface area contributed by atoms with E-state index in [1.807, 2.05) is 31.3 Å². The Balaban J connectivity index is 1.88. The quantitative estimate of drug-likeness (QED) is 0.465. The van der Waals surface area contributed by atoms with Crippen molar-refractivity contribution in [1.82, 2.24) is 5.32 Å². The number of ether oxygens (including phenoxy) is 3. The van der Waals surface area contributed by atoms with Gasteiger partial charge < -0.3 is 19.5 Å². The molecule has 0 saturated carbocycles. The molecular weight excluding hydrogens is 397 g/mol. The van der Waals surface area contributed by atoms with E-state index in [0.717, 1.165) is 30.0 Å². The fourth-order valence-corrected chi connectivity index (χ4v) is 4.51. The van der Waals surface area contributed by atoms with Gasteiger partial charge in [-0.15, -0.1) is 0 Å². The summed E-state index contributed by atoms with van der Waals surface area (Å²) in [6.45, 7) is 0.759. The zero-order valence-electron chi connectivity index (χ0n) is 15.6. The van der Waals surface area contributed by atoms with E-state index in [0.29, 0.717) is 23.5 Å². The van der Waals surface area contributed by atoms with Crippen molar-refractivity contribution in [1.29, 1.82) is 0 Å². The van der Waals surface area contributed by atoms with Crippen LogP contribution in [0, 0.1) is 5.82 Å². The number of carbonyl (C=O) groups is 2. The molecule has 4 rings (SSSR count). The Morgan fingerprint density at radius 2 is 1.83 bits per heavy atom. The average molecular weight is 415 g/mol. The van der Waals surface area contributed by atoms with Crippen molar-refractivity contribution < 1.29 is 28.2 Å². The molecule has 8 heteroatoms. The van der Waals surface area contributed by atoms with Gasteiger partial charge in [-0.25, -0.2) is 9.59 Å². The summed E-state index contributed by atoms with van der Waals surface area (Å²) in [5, 5.41) is 2.86. The molecule has 150 valence electrons. The molecule has 0 amide bonds. The summed E-state index contributed by atoms with van der Waals surface area (Å²) < 4.78 is 31.6. The highest BCUT2D eigenvalue weighted by molar-refractivity contribution is 7.99. The molecular formula is C21H18FNO5S. The number of carbonyl (C=O) groups excluding carboxylic acids is 2. The summed E-state index contributed by atoms with van der Waals surface area (Å²) in [4.78, 5) is 23.9. The zero-order valence-corrected chi connectivity index (χ0v) is 16.4. The van der Waals surface area contributed by atoms with Crippen molar-refractivity contribution >= 4 is 23.7 Å². The number of benzene rings is 2. The van der Waals surface area contributed by atoms with Crippen LogP contribution in [0.1, 0.15) is 16.4 Å². The summed E-state index contributed by atoms with van der Waals surface area (Å²) in [6.07, 6.45) is 2.38. The number of nitrogens with one attached hydrogen (secondary N) is 1. The van der Waals surface area contributed by atoms with Crippen LogP contribution in [0.3, 0.4) is 0 Å². The first-order chi connectivity index (χ1) is 14.1. The minimum absolute atomic E-state index is 0.228. The van der Waals surface area contributed by atoms with E-state index in [9.17, 15) is 9.59 Å². The molecule has 1 N–H and O–H groups in total. The Hall–Kier alpha value is -2.84. The number of esters is 2. The maximum Gasteiger partial charge on any atom is 0.336 e. The van der Waals surface area contributed by atoms with Crippen molar-refractivity contribution in [2.75, 3.05) is 19.3 Å². The molecule has 2 bridgehead atoms. The predicted molar refractivity (Wildman–Crippen MR) is 106 cm³/mol. The molecule has 0 radical (unpaired) electrons. The minimum atomic E-state index is -0.900. The van der Waals surface area contributed by atoms with Crippen LogP contribution in [0.4, 0.5) is 4.39 Å². The highest BCUT2D eigenvalue weighted by Crippen LogP contribution is 2.51. The molecule has 0 aromatic heterocycles. The maximum absolute atomic E-state index is 15.2. The summed E-state index contributed by atoms with van der Waals surface area (Å²) in [5.41, 5.74) is 1.39. The van der Waals surface area contributed by atoms with Gasteiger partial charge in [0.2, 0.25) is 5.82 Å². The molecule has 0 fully saturated rings. The smallest absolute Gasteiger partial charge is 0.336 e. The summed E-state index contributed by atoms with van der Waals surface area (Å²) in [7, 11) is 1.86. The van der Waals surface area contributed by atoms with E-state index in [1.165, 1.54) is 6.07 Å². The fourth-order valence-electron chi connectivity index (χ4n) is 3.22. The number of hydrogen-bond acceptors (Lipinski definition) is 7. The Bertz CT molecular complexity index is 1010. The van der Waals surface area contributed by atoms with Crippen LogP contribution in [0.25, 0.3) is 0 Å². The summed E-state index contributed by atoms with van der Waals surface area (Å²) in [6, 6.07) is 8.86.